The smallest absolute Gasteiger partial charge is 0.105 e. The van der Waals surface area contributed by atoms with Crippen molar-refractivity contribution in [3.05, 3.63) is 96.1 Å². The molecule has 33 heavy (non-hydrogen) atoms. The molecule has 4 aromatic rings. The highest BCUT2D eigenvalue weighted by Crippen LogP contribution is 2.34. The van der Waals surface area contributed by atoms with Gasteiger partial charge < -0.3 is 4.48 Å². The van der Waals surface area contributed by atoms with E-state index in [1.54, 1.807) is 0 Å². The van der Waals surface area contributed by atoms with Gasteiger partial charge in [0.1, 0.15) is 6.54 Å². The standard InChI is InChI=1S/C32H38N/c1-23(2)33(6,7)22-27-11-8-9-13-29(27)26-17-20-31-25(21-26)12-10-14-30(31)24-15-18-28(19-16-24)32(3,4)5/h8-21,23H,22H2,1-7H3/q+1. The minimum Gasteiger partial charge on any atom is -0.323 e. The summed E-state index contributed by atoms with van der Waals surface area (Å²) in [4.78, 5) is 0. The van der Waals surface area contributed by atoms with Gasteiger partial charge in [-0.1, -0.05) is 99.6 Å². The molecular weight excluding hydrogens is 398 g/mol. The summed E-state index contributed by atoms with van der Waals surface area (Å²) in [6.07, 6.45) is 0. The van der Waals surface area contributed by atoms with Crippen molar-refractivity contribution in [3.63, 3.8) is 0 Å². The normalized spacial score (nSPS) is 12.5. The molecule has 0 N–H and O–H groups in total. The zero-order valence-corrected chi connectivity index (χ0v) is 21.3. The van der Waals surface area contributed by atoms with Crippen molar-refractivity contribution in [3.8, 4) is 22.3 Å². The number of fused-ring (bicyclic) bond motifs is 1. The molecule has 0 amide bonds. The summed E-state index contributed by atoms with van der Waals surface area (Å²) in [5.74, 6) is 0. The molecule has 0 heterocycles. The third kappa shape index (κ3) is 4.89. The number of rotatable bonds is 5. The van der Waals surface area contributed by atoms with Crippen LogP contribution in [0.4, 0.5) is 0 Å². The summed E-state index contributed by atoms with van der Waals surface area (Å²) in [6.45, 7) is 12.4. The highest BCUT2D eigenvalue weighted by Gasteiger charge is 2.22. The van der Waals surface area contributed by atoms with Gasteiger partial charge in [-0.3, -0.25) is 0 Å². The second-order valence-electron chi connectivity index (χ2n) is 11.3. The van der Waals surface area contributed by atoms with Crippen molar-refractivity contribution in [2.75, 3.05) is 14.1 Å². The van der Waals surface area contributed by atoms with E-state index < -0.39 is 0 Å². The van der Waals surface area contributed by atoms with Crippen LogP contribution < -0.4 is 0 Å². The number of benzene rings is 4. The first-order valence-corrected chi connectivity index (χ1v) is 12.1. The fourth-order valence-electron chi connectivity index (χ4n) is 4.41. The van der Waals surface area contributed by atoms with Crippen LogP contribution in [0.25, 0.3) is 33.0 Å². The Hall–Kier alpha value is -2.90. The zero-order valence-electron chi connectivity index (χ0n) is 21.3. The Bertz CT molecular complexity index is 1250. The molecule has 0 saturated heterocycles. The van der Waals surface area contributed by atoms with Gasteiger partial charge in [0.05, 0.1) is 20.1 Å². The Morgan fingerprint density at radius 1 is 0.697 bits per heavy atom. The maximum Gasteiger partial charge on any atom is 0.105 e. The second kappa shape index (κ2) is 8.80. The molecule has 0 atom stereocenters. The quantitative estimate of drug-likeness (QED) is 0.275. The van der Waals surface area contributed by atoms with Gasteiger partial charge in [0, 0.05) is 5.56 Å². The fourth-order valence-corrected chi connectivity index (χ4v) is 4.41. The van der Waals surface area contributed by atoms with Crippen LogP contribution in [-0.4, -0.2) is 24.6 Å². The van der Waals surface area contributed by atoms with Crippen molar-refractivity contribution in [1.82, 2.24) is 0 Å². The molecule has 0 aliphatic rings. The van der Waals surface area contributed by atoms with Gasteiger partial charge in [0.15, 0.2) is 0 Å². The summed E-state index contributed by atoms with van der Waals surface area (Å²) >= 11 is 0. The molecule has 0 aromatic heterocycles. The van der Waals surface area contributed by atoms with E-state index in [1.807, 2.05) is 0 Å². The van der Waals surface area contributed by atoms with Crippen molar-refractivity contribution >= 4 is 10.8 Å². The summed E-state index contributed by atoms with van der Waals surface area (Å²) in [7, 11) is 4.64. The van der Waals surface area contributed by atoms with Gasteiger partial charge in [-0.15, -0.1) is 0 Å². The molecule has 4 aromatic carbocycles. The van der Waals surface area contributed by atoms with Crippen LogP contribution in [-0.2, 0) is 12.0 Å². The number of quaternary nitrogens is 1. The van der Waals surface area contributed by atoms with Crippen LogP contribution in [0.2, 0.25) is 0 Å². The molecule has 1 heteroatoms. The van der Waals surface area contributed by atoms with E-state index in [0.717, 1.165) is 11.0 Å². The van der Waals surface area contributed by atoms with E-state index in [4.69, 9.17) is 0 Å². The molecule has 0 aliphatic carbocycles. The van der Waals surface area contributed by atoms with Gasteiger partial charge in [0.2, 0.25) is 0 Å². The first-order valence-electron chi connectivity index (χ1n) is 12.1. The molecule has 0 radical (unpaired) electrons. The van der Waals surface area contributed by atoms with Crippen LogP contribution in [0.1, 0.15) is 45.7 Å². The lowest BCUT2D eigenvalue weighted by atomic mass is 9.86. The molecule has 0 aliphatic heterocycles. The van der Waals surface area contributed by atoms with Crippen molar-refractivity contribution in [1.29, 1.82) is 0 Å². The Morgan fingerprint density at radius 3 is 2.00 bits per heavy atom. The first kappa shape index (κ1) is 23.3. The highest BCUT2D eigenvalue weighted by atomic mass is 15.3. The van der Waals surface area contributed by atoms with E-state index in [2.05, 4.69) is 134 Å². The van der Waals surface area contributed by atoms with Gasteiger partial charge in [0.25, 0.3) is 0 Å². The van der Waals surface area contributed by atoms with Gasteiger partial charge in [-0.25, -0.2) is 0 Å². The lowest BCUT2D eigenvalue weighted by molar-refractivity contribution is -0.924. The van der Waals surface area contributed by atoms with Crippen LogP contribution in [0, 0.1) is 0 Å². The van der Waals surface area contributed by atoms with Gasteiger partial charge >= 0.3 is 0 Å². The predicted molar refractivity (Wildman–Crippen MR) is 144 cm³/mol. The SMILES string of the molecule is CC(C)[N+](C)(C)Cc1ccccc1-c1ccc2c(-c3ccc(C(C)(C)C)cc3)cccc2c1. The summed E-state index contributed by atoms with van der Waals surface area (Å²) in [6, 6.07) is 32.2. The maximum absolute atomic E-state index is 2.36. The number of nitrogens with zero attached hydrogens (tertiary/aromatic N) is 1. The highest BCUT2D eigenvalue weighted by molar-refractivity contribution is 5.98. The summed E-state index contributed by atoms with van der Waals surface area (Å²) in [5.41, 5.74) is 8.15. The molecule has 0 spiro atoms. The number of hydrogen-bond donors (Lipinski definition) is 0. The second-order valence-corrected chi connectivity index (χ2v) is 11.3. The van der Waals surface area contributed by atoms with Crippen molar-refractivity contribution in [2.45, 2.75) is 52.6 Å². The lowest BCUT2D eigenvalue weighted by Gasteiger charge is -2.35. The number of hydrogen-bond acceptors (Lipinski definition) is 0. The van der Waals surface area contributed by atoms with Crippen molar-refractivity contribution in [2.24, 2.45) is 0 Å². The van der Waals surface area contributed by atoms with Gasteiger partial charge in [-0.05, 0) is 63.9 Å². The molecular formula is C32H38N+. The van der Waals surface area contributed by atoms with Crippen LogP contribution in [0.15, 0.2) is 84.9 Å². The fraction of sp³-hybridized carbons (Fsp3) is 0.312. The average Bonchev–Trinajstić information content (AvgIpc) is 2.78. The van der Waals surface area contributed by atoms with Crippen LogP contribution >= 0.6 is 0 Å². The monoisotopic (exact) mass is 436 g/mol. The topological polar surface area (TPSA) is 0 Å². The molecule has 4 rings (SSSR count). The molecule has 1 nitrogen and oxygen atoms in total. The van der Waals surface area contributed by atoms with Gasteiger partial charge in [-0.2, -0.15) is 0 Å². The van der Waals surface area contributed by atoms with Crippen LogP contribution in [0.5, 0.6) is 0 Å². The molecule has 0 bridgehead atoms. The van der Waals surface area contributed by atoms with Crippen molar-refractivity contribution < 1.29 is 4.48 Å². The molecule has 0 fully saturated rings. The molecule has 170 valence electrons. The Morgan fingerprint density at radius 2 is 1.33 bits per heavy atom. The van der Waals surface area contributed by atoms with Crippen LogP contribution in [0.3, 0.4) is 0 Å². The zero-order chi connectivity index (χ0) is 23.8. The largest absolute Gasteiger partial charge is 0.323 e. The maximum atomic E-state index is 2.36. The Labute approximate surface area is 200 Å². The predicted octanol–water partition coefficient (Wildman–Crippen LogP) is 8.46. The third-order valence-corrected chi connectivity index (χ3v) is 7.25. The Balaban J connectivity index is 1.75. The van der Waals surface area contributed by atoms with E-state index in [-0.39, 0.29) is 5.41 Å². The Kier molecular flexibility index (Phi) is 6.20. The van der Waals surface area contributed by atoms with E-state index in [1.165, 1.54) is 44.2 Å². The van der Waals surface area contributed by atoms with E-state index in [0.29, 0.717) is 6.04 Å². The van der Waals surface area contributed by atoms with E-state index >= 15 is 0 Å². The molecule has 0 saturated carbocycles. The minimum absolute atomic E-state index is 0.169. The summed E-state index contributed by atoms with van der Waals surface area (Å²) in [5, 5.41) is 2.60. The first-order chi connectivity index (χ1) is 15.6. The van der Waals surface area contributed by atoms with E-state index in [9.17, 15) is 0 Å². The average molecular weight is 437 g/mol. The third-order valence-electron chi connectivity index (χ3n) is 7.25. The molecule has 0 unspecified atom stereocenters. The minimum atomic E-state index is 0.169. The lowest BCUT2D eigenvalue weighted by Crippen LogP contribution is -2.44. The summed E-state index contributed by atoms with van der Waals surface area (Å²) < 4.78 is 0.972.